The van der Waals surface area contributed by atoms with Gasteiger partial charge in [-0.3, -0.25) is 0 Å². The molecule has 1 N–H and O–H groups in total. The van der Waals surface area contributed by atoms with E-state index in [0.29, 0.717) is 0 Å². The highest BCUT2D eigenvalue weighted by atomic mass is 32.1. The van der Waals surface area contributed by atoms with Crippen LogP contribution in [0, 0.1) is 0 Å². The van der Waals surface area contributed by atoms with E-state index in [1.807, 2.05) is 0 Å². The van der Waals surface area contributed by atoms with E-state index >= 15 is 0 Å². The molecule has 2 heterocycles. The molecule has 1 aliphatic heterocycles. The molecule has 1 aliphatic rings. The third-order valence-electron chi connectivity index (χ3n) is 3.47. The highest BCUT2D eigenvalue weighted by molar-refractivity contribution is 7.22. The molecule has 0 radical (unpaired) electrons. The quantitative estimate of drug-likeness (QED) is 0.916. The average Bonchev–Trinajstić information content (AvgIpc) is 2.76. The second-order valence-corrected chi connectivity index (χ2v) is 5.95. The molecule has 0 amide bonds. The number of nitrogens with one attached hydrogen (secondary N) is 1. The van der Waals surface area contributed by atoms with Gasteiger partial charge in [0.15, 0.2) is 5.13 Å². The zero-order valence-corrected chi connectivity index (χ0v) is 11.8. The maximum Gasteiger partial charge on any atom is 0.183 e. The molecule has 3 rings (SSSR count). The first-order chi connectivity index (χ1) is 8.78. The number of fused-ring (bicyclic) bond motifs is 2. The van der Waals surface area contributed by atoms with Gasteiger partial charge in [0, 0.05) is 25.8 Å². The minimum absolute atomic E-state index is 0.999. The Morgan fingerprint density at radius 3 is 3.17 bits per heavy atom. The minimum Gasteiger partial charge on any atom is -0.374 e. The lowest BCUT2D eigenvalue weighted by atomic mass is 10.0. The molecule has 3 nitrogen and oxygen atoms in total. The lowest BCUT2D eigenvalue weighted by molar-refractivity contribution is 0.746. The second-order valence-electron chi connectivity index (χ2n) is 4.92. The summed E-state index contributed by atoms with van der Waals surface area (Å²) in [6.45, 7) is 4.33. The number of thiazole rings is 1. The van der Waals surface area contributed by atoms with Gasteiger partial charge in [-0.25, -0.2) is 4.98 Å². The van der Waals surface area contributed by atoms with Gasteiger partial charge in [0.2, 0.25) is 0 Å². The maximum atomic E-state index is 4.67. The summed E-state index contributed by atoms with van der Waals surface area (Å²) in [6, 6.07) is 4.58. The Morgan fingerprint density at radius 1 is 1.44 bits per heavy atom. The van der Waals surface area contributed by atoms with Crippen LogP contribution >= 0.6 is 11.3 Å². The summed E-state index contributed by atoms with van der Waals surface area (Å²) in [4.78, 5) is 7.02. The Hall–Kier alpha value is -1.29. The van der Waals surface area contributed by atoms with Crippen molar-refractivity contribution in [2.75, 3.05) is 30.4 Å². The number of nitrogens with zero attached hydrogens (tertiary/aromatic N) is 2. The Balaban J connectivity index is 2.00. The summed E-state index contributed by atoms with van der Waals surface area (Å²) < 4.78 is 1.31. The van der Waals surface area contributed by atoms with Gasteiger partial charge in [0.25, 0.3) is 0 Å². The minimum atomic E-state index is 0.999. The molecule has 96 valence electrons. The van der Waals surface area contributed by atoms with E-state index < -0.39 is 0 Å². The Labute approximate surface area is 112 Å². The van der Waals surface area contributed by atoms with E-state index in [-0.39, 0.29) is 0 Å². The summed E-state index contributed by atoms with van der Waals surface area (Å²) in [6.07, 6.45) is 3.59. The summed E-state index contributed by atoms with van der Waals surface area (Å²) >= 11 is 1.77. The van der Waals surface area contributed by atoms with Crippen molar-refractivity contribution < 1.29 is 0 Å². The molecule has 0 unspecified atom stereocenters. The highest BCUT2D eigenvalue weighted by Crippen LogP contribution is 2.34. The van der Waals surface area contributed by atoms with Gasteiger partial charge in [-0.15, -0.1) is 0 Å². The molecule has 1 aromatic carbocycles. The first kappa shape index (κ1) is 11.8. The van der Waals surface area contributed by atoms with E-state index in [1.165, 1.54) is 28.8 Å². The van der Waals surface area contributed by atoms with Gasteiger partial charge in [0.05, 0.1) is 10.2 Å². The number of aromatic nitrogens is 1. The van der Waals surface area contributed by atoms with Crippen molar-refractivity contribution >= 4 is 32.4 Å². The molecule has 4 heteroatoms. The van der Waals surface area contributed by atoms with Crippen molar-refractivity contribution in [3.05, 3.63) is 17.7 Å². The highest BCUT2D eigenvalue weighted by Gasteiger charge is 2.16. The standard InChI is InChI=1S/C14H19N3S/c1-3-6-15-14-16-11-9-12-10(8-13(11)18-14)5-4-7-17(12)2/h8-9H,3-7H2,1-2H3,(H,15,16). The number of hydrogen-bond acceptors (Lipinski definition) is 4. The van der Waals surface area contributed by atoms with Gasteiger partial charge in [-0.05, 0) is 37.0 Å². The summed E-state index contributed by atoms with van der Waals surface area (Å²) in [5, 5.41) is 4.43. The summed E-state index contributed by atoms with van der Waals surface area (Å²) in [5.74, 6) is 0. The SMILES string of the molecule is CCCNc1nc2cc3c(cc2s1)CCCN3C. The fourth-order valence-electron chi connectivity index (χ4n) is 2.50. The number of hydrogen-bond donors (Lipinski definition) is 1. The first-order valence-corrected chi connectivity index (χ1v) is 7.48. The van der Waals surface area contributed by atoms with Crippen molar-refractivity contribution in [1.82, 2.24) is 4.98 Å². The number of anilines is 2. The molecular formula is C14H19N3S. The van der Waals surface area contributed by atoms with Crippen molar-refractivity contribution in [3.63, 3.8) is 0 Å². The van der Waals surface area contributed by atoms with Gasteiger partial charge in [-0.1, -0.05) is 18.3 Å². The predicted molar refractivity (Wildman–Crippen MR) is 80.0 cm³/mol. The molecule has 0 atom stereocenters. The Bertz CT molecular complexity index is 561. The largest absolute Gasteiger partial charge is 0.374 e. The fraction of sp³-hybridized carbons (Fsp3) is 0.500. The van der Waals surface area contributed by atoms with E-state index in [4.69, 9.17) is 0 Å². The zero-order chi connectivity index (χ0) is 12.5. The molecule has 0 fully saturated rings. The zero-order valence-electron chi connectivity index (χ0n) is 11.0. The van der Waals surface area contributed by atoms with Crippen LogP contribution in [0.25, 0.3) is 10.2 Å². The van der Waals surface area contributed by atoms with Crippen LogP contribution in [-0.4, -0.2) is 25.1 Å². The van der Waals surface area contributed by atoms with E-state index in [9.17, 15) is 0 Å². The van der Waals surface area contributed by atoms with Crippen LogP contribution in [0.2, 0.25) is 0 Å². The Kier molecular flexibility index (Phi) is 3.12. The van der Waals surface area contributed by atoms with Crippen LogP contribution in [0.5, 0.6) is 0 Å². The average molecular weight is 261 g/mol. The molecule has 1 aromatic heterocycles. The molecule has 0 aliphatic carbocycles. The maximum absolute atomic E-state index is 4.67. The Morgan fingerprint density at radius 2 is 2.33 bits per heavy atom. The van der Waals surface area contributed by atoms with Crippen LogP contribution in [0.4, 0.5) is 10.8 Å². The van der Waals surface area contributed by atoms with Crippen LogP contribution < -0.4 is 10.2 Å². The summed E-state index contributed by atoms with van der Waals surface area (Å²) in [5.41, 5.74) is 3.97. The topological polar surface area (TPSA) is 28.2 Å². The lowest BCUT2D eigenvalue weighted by Gasteiger charge is -2.27. The molecule has 0 spiro atoms. The molecule has 0 saturated carbocycles. The molecule has 0 saturated heterocycles. The second kappa shape index (κ2) is 4.76. The van der Waals surface area contributed by atoms with Crippen LogP contribution in [0.3, 0.4) is 0 Å². The van der Waals surface area contributed by atoms with E-state index in [2.05, 4.69) is 41.3 Å². The number of rotatable bonds is 3. The van der Waals surface area contributed by atoms with Gasteiger partial charge in [-0.2, -0.15) is 0 Å². The van der Waals surface area contributed by atoms with Crippen molar-refractivity contribution in [2.24, 2.45) is 0 Å². The van der Waals surface area contributed by atoms with E-state index in [0.717, 1.165) is 30.2 Å². The van der Waals surface area contributed by atoms with Crippen LogP contribution in [0.1, 0.15) is 25.3 Å². The van der Waals surface area contributed by atoms with Crippen LogP contribution in [0.15, 0.2) is 12.1 Å². The first-order valence-electron chi connectivity index (χ1n) is 6.66. The van der Waals surface area contributed by atoms with Crippen molar-refractivity contribution in [1.29, 1.82) is 0 Å². The van der Waals surface area contributed by atoms with Crippen LogP contribution in [-0.2, 0) is 6.42 Å². The smallest absolute Gasteiger partial charge is 0.183 e. The van der Waals surface area contributed by atoms with Crippen molar-refractivity contribution in [3.8, 4) is 0 Å². The fourth-order valence-corrected chi connectivity index (χ4v) is 3.43. The number of aryl methyl sites for hydroxylation is 1. The van der Waals surface area contributed by atoms with Gasteiger partial charge in [0.1, 0.15) is 0 Å². The van der Waals surface area contributed by atoms with Crippen molar-refractivity contribution in [2.45, 2.75) is 26.2 Å². The lowest BCUT2D eigenvalue weighted by Crippen LogP contribution is -2.24. The molecule has 18 heavy (non-hydrogen) atoms. The summed E-state index contributed by atoms with van der Waals surface area (Å²) in [7, 11) is 2.17. The third kappa shape index (κ3) is 2.05. The predicted octanol–water partition coefficient (Wildman–Crippen LogP) is 3.50. The third-order valence-corrected chi connectivity index (χ3v) is 4.44. The molecule has 2 aromatic rings. The normalized spacial score (nSPS) is 14.9. The monoisotopic (exact) mass is 261 g/mol. The van der Waals surface area contributed by atoms with Gasteiger partial charge < -0.3 is 10.2 Å². The number of benzene rings is 1. The molecule has 0 bridgehead atoms. The van der Waals surface area contributed by atoms with E-state index in [1.54, 1.807) is 11.3 Å². The molecular weight excluding hydrogens is 242 g/mol. The van der Waals surface area contributed by atoms with Gasteiger partial charge >= 0.3 is 0 Å².